The molecule has 4 unspecified atom stereocenters. The van der Waals surface area contributed by atoms with Crippen LogP contribution in [0.1, 0.15) is 19.8 Å². The lowest BCUT2D eigenvalue weighted by Crippen LogP contribution is -2.54. The lowest BCUT2D eigenvalue weighted by Gasteiger charge is -2.46. The first-order chi connectivity index (χ1) is 4.77. The molecule has 3 aliphatic heterocycles. The zero-order valence-electron chi connectivity index (χ0n) is 6.45. The number of aliphatic hydroxyl groups excluding tert-OH is 1. The fraction of sp³-hybridized carbons (Fsp3) is 1.00. The molecule has 0 amide bonds. The fourth-order valence-electron chi connectivity index (χ4n) is 2.27. The van der Waals surface area contributed by atoms with Crippen LogP contribution in [0, 0.1) is 5.92 Å². The molecule has 3 fully saturated rings. The van der Waals surface area contributed by atoms with E-state index >= 15 is 0 Å². The summed E-state index contributed by atoms with van der Waals surface area (Å²) in [5, 5.41) is 9.48. The first-order valence-corrected chi connectivity index (χ1v) is 4.19. The Morgan fingerprint density at radius 1 is 1.50 bits per heavy atom. The molecule has 0 saturated carbocycles. The van der Waals surface area contributed by atoms with Gasteiger partial charge in [-0.2, -0.15) is 0 Å². The summed E-state index contributed by atoms with van der Waals surface area (Å²) in [6, 6.07) is 0.724. The molecule has 0 spiro atoms. The minimum Gasteiger partial charge on any atom is -0.392 e. The van der Waals surface area contributed by atoms with Gasteiger partial charge in [0.1, 0.15) is 0 Å². The number of rotatable bonds is 0. The summed E-state index contributed by atoms with van der Waals surface area (Å²) in [7, 11) is 0. The van der Waals surface area contributed by atoms with Crippen molar-refractivity contribution in [2.75, 3.05) is 13.1 Å². The summed E-state index contributed by atoms with van der Waals surface area (Å²) in [5.74, 6) is 0.611. The summed E-state index contributed by atoms with van der Waals surface area (Å²) in [4.78, 5) is 2.39. The standard InChI is InChI=1S/C8H15NO/c1-6-4-7-2-3-9(6)5-8(7)10/h6-8,10H,2-5H2,1H3. The van der Waals surface area contributed by atoms with E-state index in [0.29, 0.717) is 5.92 Å². The van der Waals surface area contributed by atoms with E-state index in [0.717, 1.165) is 12.6 Å². The van der Waals surface area contributed by atoms with Crippen LogP contribution in [0.5, 0.6) is 0 Å². The van der Waals surface area contributed by atoms with Gasteiger partial charge in [-0.3, -0.25) is 4.90 Å². The van der Waals surface area contributed by atoms with Crippen molar-refractivity contribution in [1.29, 1.82) is 0 Å². The lowest BCUT2D eigenvalue weighted by atomic mass is 9.82. The van der Waals surface area contributed by atoms with Gasteiger partial charge in [0.05, 0.1) is 6.10 Å². The second-order valence-electron chi connectivity index (χ2n) is 3.70. The van der Waals surface area contributed by atoms with E-state index in [9.17, 15) is 5.11 Å². The second-order valence-corrected chi connectivity index (χ2v) is 3.70. The summed E-state index contributed by atoms with van der Waals surface area (Å²) >= 11 is 0. The Hall–Kier alpha value is -0.0800. The molecule has 0 aromatic heterocycles. The molecule has 58 valence electrons. The van der Waals surface area contributed by atoms with E-state index in [2.05, 4.69) is 11.8 Å². The van der Waals surface area contributed by atoms with Crippen molar-refractivity contribution in [3.8, 4) is 0 Å². The average Bonchev–Trinajstić information content (AvgIpc) is 1.91. The van der Waals surface area contributed by atoms with Crippen molar-refractivity contribution in [1.82, 2.24) is 4.90 Å². The number of hydrogen-bond donors (Lipinski definition) is 1. The molecule has 0 radical (unpaired) electrons. The highest BCUT2D eigenvalue weighted by Crippen LogP contribution is 2.31. The van der Waals surface area contributed by atoms with Crippen molar-refractivity contribution in [2.24, 2.45) is 5.92 Å². The molecule has 0 aromatic carbocycles. The molecule has 2 heteroatoms. The van der Waals surface area contributed by atoms with Crippen molar-refractivity contribution in [2.45, 2.75) is 31.9 Å². The maximum absolute atomic E-state index is 9.48. The lowest BCUT2D eigenvalue weighted by molar-refractivity contribution is -0.0496. The maximum Gasteiger partial charge on any atom is 0.0696 e. The van der Waals surface area contributed by atoms with E-state index in [4.69, 9.17) is 0 Å². The molecular weight excluding hydrogens is 126 g/mol. The number of fused-ring (bicyclic) bond motifs is 3. The monoisotopic (exact) mass is 141 g/mol. The molecule has 10 heavy (non-hydrogen) atoms. The highest BCUT2D eigenvalue weighted by Gasteiger charge is 2.36. The van der Waals surface area contributed by atoms with Crippen LogP contribution in [0.25, 0.3) is 0 Å². The summed E-state index contributed by atoms with van der Waals surface area (Å²) in [5.41, 5.74) is 0. The molecular formula is C8H15NO. The van der Waals surface area contributed by atoms with Gasteiger partial charge < -0.3 is 5.11 Å². The van der Waals surface area contributed by atoms with Gasteiger partial charge in [-0.25, -0.2) is 0 Å². The van der Waals surface area contributed by atoms with Crippen LogP contribution in [0.2, 0.25) is 0 Å². The Balaban J connectivity index is 2.09. The number of hydrogen-bond acceptors (Lipinski definition) is 2. The third kappa shape index (κ3) is 0.867. The smallest absolute Gasteiger partial charge is 0.0696 e. The van der Waals surface area contributed by atoms with E-state index in [1.807, 2.05) is 0 Å². The third-order valence-electron chi connectivity index (χ3n) is 3.02. The SMILES string of the molecule is CC1CC2CCN1CC2O. The third-order valence-corrected chi connectivity index (χ3v) is 3.02. The largest absolute Gasteiger partial charge is 0.392 e. The normalized spacial score (nSPS) is 53.4. The minimum absolute atomic E-state index is 0.0232. The first kappa shape index (κ1) is 6.62. The fourth-order valence-corrected chi connectivity index (χ4v) is 2.27. The minimum atomic E-state index is -0.0232. The van der Waals surface area contributed by atoms with Crippen molar-refractivity contribution in [3.63, 3.8) is 0 Å². The van der Waals surface area contributed by atoms with E-state index in [1.165, 1.54) is 19.4 Å². The quantitative estimate of drug-likeness (QED) is 0.530. The predicted octanol–water partition coefficient (Wildman–Crippen LogP) is 0.461. The topological polar surface area (TPSA) is 23.5 Å². The van der Waals surface area contributed by atoms with Crippen LogP contribution < -0.4 is 0 Å². The molecule has 3 heterocycles. The van der Waals surface area contributed by atoms with Crippen LogP contribution >= 0.6 is 0 Å². The average molecular weight is 141 g/mol. The zero-order chi connectivity index (χ0) is 7.14. The molecule has 1 N–H and O–H groups in total. The van der Waals surface area contributed by atoms with Gasteiger partial charge in [0.15, 0.2) is 0 Å². The van der Waals surface area contributed by atoms with Crippen LogP contribution in [-0.2, 0) is 0 Å². The molecule has 2 nitrogen and oxygen atoms in total. The maximum atomic E-state index is 9.48. The number of piperidine rings is 3. The van der Waals surface area contributed by atoms with Crippen molar-refractivity contribution < 1.29 is 5.11 Å². The van der Waals surface area contributed by atoms with Crippen LogP contribution in [-0.4, -0.2) is 35.2 Å². The van der Waals surface area contributed by atoms with E-state index < -0.39 is 0 Å². The van der Waals surface area contributed by atoms with Crippen LogP contribution in [0.3, 0.4) is 0 Å². The number of aliphatic hydroxyl groups is 1. The van der Waals surface area contributed by atoms with E-state index in [1.54, 1.807) is 0 Å². The van der Waals surface area contributed by atoms with Crippen LogP contribution in [0.4, 0.5) is 0 Å². The second kappa shape index (κ2) is 2.21. The van der Waals surface area contributed by atoms with Gasteiger partial charge >= 0.3 is 0 Å². The summed E-state index contributed by atoms with van der Waals surface area (Å²) in [6.45, 7) is 4.40. The molecule has 4 atom stereocenters. The van der Waals surface area contributed by atoms with Gasteiger partial charge in [0.2, 0.25) is 0 Å². The van der Waals surface area contributed by atoms with Crippen molar-refractivity contribution in [3.05, 3.63) is 0 Å². The van der Waals surface area contributed by atoms with Crippen molar-refractivity contribution >= 4 is 0 Å². The summed E-state index contributed by atoms with van der Waals surface area (Å²) < 4.78 is 0. The summed E-state index contributed by atoms with van der Waals surface area (Å²) in [6.07, 6.45) is 2.40. The molecule has 3 aliphatic rings. The number of nitrogens with zero attached hydrogens (tertiary/aromatic N) is 1. The molecule has 2 bridgehead atoms. The van der Waals surface area contributed by atoms with Gasteiger partial charge in [0.25, 0.3) is 0 Å². The highest BCUT2D eigenvalue weighted by molar-refractivity contribution is 4.90. The van der Waals surface area contributed by atoms with Crippen LogP contribution in [0.15, 0.2) is 0 Å². The Kier molecular flexibility index (Phi) is 1.46. The predicted molar refractivity (Wildman–Crippen MR) is 39.8 cm³/mol. The highest BCUT2D eigenvalue weighted by atomic mass is 16.3. The Labute approximate surface area is 61.8 Å². The molecule has 0 aromatic rings. The Bertz CT molecular complexity index is 121. The molecule has 0 aliphatic carbocycles. The molecule has 3 saturated heterocycles. The van der Waals surface area contributed by atoms with E-state index in [-0.39, 0.29) is 6.10 Å². The van der Waals surface area contributed by atoms with Gasteiger partial charge in [-0.05, 0) is 32.2 Å². The molecule has 3 rings (SSSR count). The van der Waals surface area contributed by atoms with Gasteiger partial charge in [-0.1, -0.05) is 0 Å². The van der Waals surface area contributed by atoms with Gasteiger partial charge in [-0.15, -0.1) is 0 Å². The van der Waals surface area contributed by atoms with Gasteiger partial charge in [0, 0.05) is 12.6 Å². The first-order valence-electron chi connectivity index (χ1n) is 4.19. The zero-order valence-corrected chi connectivity index (χ0v) is 6.45. The Morgan fingerprint density at radius 3 is 2.60 bits per heavy atom. The Morgan fingerprint density at radius 2 is 2.30 bits per heavy atom.